The average molecular weight is 233 g/mol. The summed E-state index contributed by atoms with van der Waals surface area (Å²) in [5.74, 6) is 0. The molecule has 0 heterocycles. The summed E-state index contributed by atoms with van der Waals surface area (Å²) in [6, 6.07) is 4.32. The highest BCUT2D eigenvalue weighted by atomic mass is 19.4. The second kappa shape index (κ2) is 4.07. The third kappa shape index (κ3) is 2.05. The Labute approximate surface area is 92.2 Å². The maximum absolute atomic E-state index is 12.8. The molecule has 2 N–H and O–H groups in total. The number of alkyl halides is 3. The van der Waals surface area contributed by atoms with Crippen LogP contribution in [-0.2, 0) is 10.5 Å². The van der Waals surface area contributed by atoms with Gasteiger partial charge in [0, 0.05) is 12.7 Å². The van der Waals surface area contributed by atoms with Crippen molar-refractivity contribution >= 4 is 0 Å². The van der Waals surface area contributed by atoms with E-state index in [1.165, 1.54) is 12.1 Å². The van der Waals surface area contributed by atoms with Crippen molar-refractivity contribution in [1.82, 2.24) is 0 Å². The van der Waals surface area contributed by atoms with E-state index in [0.717, 1.165) is 18.2 Å². The molecule has 0 aliphatic carbocycles. The van der Waals surface area contributed by atoms with Crippen molar-refractivity contribution in [2.24, 2.45) is 5.73 Å². The number of hydrogen-bond acceptors (Lipinski definition) is 2. The third-order valence-corrected chi connectivity index (χ3v) is 2.68. The van der Waals surface area contributed by atoms with E-state index in [2.05, 4.69) is 4.74 Å². The van der Waals surface area contributed by atoms with Crippen molar-refractivity contribution in [2.75, 3.05) is 7.11 Å². The van der Waals surface area contributed by atoms with Gasteiger partial charge >= 0.3 is 6.18 Å². The highest BCUT2D eigenvalue weighted by molar-refractivity contribution is 5.33. The van der Waals surface area contributed by atoms with Gasteiger partial charge in [0.15, 0.2) is 0 Å². The molecule has 0 aromatic heterocycles. The van der Waals surface area contributed by atoms with E-state index in [1.807, 2.05) is 6.92 Å². The van der Waals surface area contributed by atoms with Gasteiger partial charge in [0.25, 0.3) is 0 Å². The second-order valence-electron chi connectivity index (χ2n) is 3.74. The summed E-state index contributed by atoms with van der Waals surface area (Å²) in [6.07, 6.45) is -4.65. The summed E-state index contributed by atoms with van der Waals surface area (Å²) in [5.41, 5.74) is 4.08. The smallest absolute Gasteiger partial charge is 0.352 e. The molecule has 0 saturated carbocycles. The number of halogens is 3. The molecular formula is C11H14F3NO. The summed E-state index contributed by atoms with van der Waals surface area (Å²) < 4.78 is 42.8. The maximum atomic E-state index is 12.8. The lowest BCUT2D eigenvalue weighted by molar-refractivity contribution is -0.274. The van der Waals surface area contributed by atoms with Crippen LogP contribution in [0.4, 0.5) is 13.2 Å². The first kappa shape index (κ1) is 13.0. The van der Waals surface area contributed by atoms with Crippen LogP contribution in [0.1, 0.15) is 16.7 Å². The predicted molar refractivity (Wildman–Crippen MR) is 54.8 cm³/mol. The lowest BCUT2D eigenvalue weighted by atomic mass is 9.98. The van der Waals surface area contributed by atoms with E-state index in [9.17, 15) is 13.2 Å². The van der Waals surface area contributed by atoms with Crippen LogP contribution in [0.15, 0.2) is 18.2 Å². The lowest BCUT2D eigenvalue weighted by Gasteiger charge is -2.30. The summed E-state index contributed by atoms with van der Waals surface area (Å²) >= 11 is 0. The van der Waals surface area contributed by atoms with E-state index < -0.39 is 11.9 Å². The molecule has 0 radical (unpaired) electrons. The Kier molecular flexibility index (Phi) is 3.30. The minimum absolute atomic E-state index is 0.0920. The van der Waals surface area contributed by atoms with Crippen LogP contribution in [0.5, 0.6) is 0 Å². The molecule has 16 heavy (non-hydrogen) atoms. The van der Waals surface area contributed by atoms with E-state index in [-0.39, 0.29) is 5.56 Å². The number of methoxy groups -OCH3 is 1. The van der Waals surface area contributed by atoms with E-state index in [1.54, 1.807) is 13.0 Å². The van der Waals surface area contributed by atoms with E-state index >= 15 is 0 Å². The number of ether oxygens (including phenoxy) is 1. The van der Waals surface area contributed by atoms with Gasteiger partial charge < -0.3 is 4.74 Å². The van der Waals surface area contributed by atoms with Gasteiger partial charge in [-0.3, -0.25) is 5.73 Å². The van der Waals surface area contributed by atoms with Crippen molar-refractivity contribution in [3.63, 3.8) is 0 Å². The van der Waals surface area contributed by atoms with Gasteiger partial charge in [-0.25, -0.2) is 0 Å². The van der Waals surface area contributed by atoms with Crippen LogP contribution in [-0.4, -0.2) is 13.3 Å². The zero-order valence-corrected chi connectivity index (χ0v) is 9.35. The van der Waals surface area contributed by atoms with E-state index in [0.29, 0.717) is 0 Å². The Morgan fingerprint density at radius 2 is 1.69 bits per heavy atom. The van der Waals surface area contributed by atoms with Crippen molar-refractivity contribution in [1.29, 1.82) is 0 Å². The molecule has 1 aromatic rings. The Hall–Kier alpha value is -1.07. The van der Waals surface area contributed by atoms with Gasteiger partial charge in [-0.15, -0.1) is 0 Å². The summed E-state index contributed by atoms with van der Waals surface area (Å²) in [6.45, 7) is 3.54. The minimum Gasteiger partial charge on any atom is -0.352 e. The van der Waals surface area contributed by atoms with Crippen molar-refractivity contribution in [2.45, 2.75) is 25.7 Å². The molecule has 2 nitrogen and oxygen atoms in total. The fourth-order valence-electron chi connectivity index (χ4n) is 1.37. The number of aryl methyl sites for hydroxylation is 2. The van der Waals surface area contributed by atoms with Crippen LogP contribution >= 0.6 is 0 Å². The Morgan fingerprint density at radius 1 is 1.12 bits per heavy atom. The summed E-state index contributed by atoms with van der Waals surface area (Å²) in [4.78, 5) is 0. The molecule has 0 saturated heterocycles. The largest absolute Gasteiger partial charge is 0.435 e. The quantitative estimate of drug-likeness (QED) is 0.797. The molecule has 1 aromatic carbocycles. The van der Waals surface area contributed by atoms with Gasteiger partial charge in [-0.2, -0.15) is 13.2 Å². The van der Waals surface area contributed by atoms with Crippen molar-refractivity contribution in [3.8, 4) is 0 Å². The molecule has 1 rings (SSSR count). The molecule has 1 atom stereocenters. The fraction of sp³-hybridized carbons (Fsp3) is 0.455. The SMILES string of the molecule is CO[C@@](N)(c1ccc(C)c(C)c1)C(F)(F)F. The van der Waals surface area contributed by atoms with Crippen LogP contribution in [0.2, 0.25) is 0 Å². The number of rotatable bonds is 2. The Balaban J connectivity index is 3.29. The second-order valence-corrected chi connectivity index (χ2v) is 3.74. The Bertz CT molecular complexity index is 389. The molecule has 0 fully saturated rings. The first-order valence-corrected chi connectivity index (χ1v) is 4.71. The summed E-state index contributed by atoms with van der Waals surface area (Å²) in [7, 11) is 0.947. The van der Waals surface area contributed by atoms with Crippen molar-refractivity contribution in [3.05, 3.63) is 34.9 Å². The number of nitrogens with two attached hydrogens (primary N) is 1. The van der Waals surface area contributed by atoms with Gasteiger partial charge in [0.1, 0.15) is 0 Å². The van der Waals surface area contributed by atoms with Crippen molar-refractivity contribution < 1.29 is 17.9 Å². The molecule has 0 unspecified atom stereocenters. The first-order chi connectivity index (χ1) is 7.22. The van der Waals surface area contributed by atoms with Crippen LogP contribution in [0.3, 0.4) is 0 Å². The molecule has 0 aliphatic heterocycles. The van der Waals surface area contributed by atoms with Crippen LogP contribution in [0, 0.1) is 13.8 Å². The molecule has 5 heteroatoms. The maximum Gasteiger partial charge on any atom is 0.435 e. The highest BCUT2D eigenvalue weighted by Crippen LogP contribution is 2.37. The number of hydrogen-bond donors (Lipinski definition) is 1. The standard InChI is InChI=1S/C11H14F3NO/c1-7-4-5-9(6-8(7)2)10(15,16-3)11(12,13)14/h4-6H,15H2,1-3H3/t10-/m0/s1. The highest BCUT2D eigenvalue weighted by Gasteiger charge is 2.54. The molecule has 90 valence electrons. The molecular weight excluding hydrogens is 219 g/mol. The fourth-order valence-corrected chi connectivity index (χ4v) is 1.37. The third-order valence-electron chi connectivity index (χ3n) is 2.68. The zero-order chi connectivity index (χ0) is 12.6. The van der Waals surface area contributed by atoms with Gasteiger partial charge in [0.05, 0.1) is 0 Å². The Morgan fingerprint density at radius 3 is 2.06 bits per heavy atom. The average Bonchev–Trinajstić information content (AvgIpc) is 2.19. The minimum atomic E-state index is -4.65. The topological polar surface area (TPSA) is 35.2 Å². The first-order valence-electron chi connectivity index (χ1n) is 4.71. The predicted octanol–water partition coefficient (Wildman–Crippen LogP) is 2.62. The van der Waals surface area contributed by atoms with Crippen LogP contribution < -0.4 is 5.73 Å². The van der Waals surface area contributed by atoms with Gasteiger partial charge in [-0.05, 0) is 25.0 Å². The molecule has 0 spiro atoms. The monoisotopic (exact) mass is 233 g/mol. The van der Waals surface area contributed by atoms with Gasteiger partial charge in [-0.1, -0.05) is 18.2 Å². The summed E-state index contributed by atoms with van der Waals surface area (Å²) in [5, 5.41) is 0. The van der Waals surface area contributed by atoms with Crippen LogP contribution in [0.25, 0.3) is 0 Å². The molecule has 0 amide bonds. The number of benzene rings is 1. The lowest BCUT2D eigenvalue weighted by Crippen LogP contribution is -2.52. The molecule has 0 aliphatic rings. The molecule has 0 bridgehead atoms. The normalized spacial score (nSPS) is 15.9. The zero-order valence-electron chi connectivity index (χ0n) is 9.35. The van der Waals surface area contributed by atoms with E-state index in [4.69, 9.17) is 5.73 Å². The van der Waals surface area contributed by atoms with Gasteiger partial charge in [0.2, 0.25) is 5.72 Å².